The molecule has 0 bridgehead atoms. The van der Waals surface area contributed by atoms with Gasteiger partial charge in [-0.3, -0.25) is 0 Å². The van der Waals surface area contributed by atoms with Crippen LogP contribution in [0.1, 0.15) is 12.1 Å². The Morgan fingerprint density at radius 3 is 3.14 bits per heavy atom. The van der Waals surface area contributed by atoms with Crippen LogP contribution in [0.15, 0.2) is 35.2 Å². The van der Waals surface area contributed by atoms with E-state index >= 15 is 0 Å². The fraction of sp³-hybridized carbons (Fsp3) is 0.400. The van der Waals surface area contributed by atoms with Gasteiger partial charge in [0.15, 0.2) is 0 Å². The van der Waals surface area contributed by atoms with Crippen molar-refractivity contribution in [3.05, 3.63) is 40.9 Å². The van der Waals surface area contributed by atoms with Crippen LogP contribution in [-0.4, -0.2) is 34.6 Å². The lowest BCUT2D eigenvalue weighted by Crippen LogP contribution is -2.23. The smallest absolute Gasteiger partial charge is 0.146 e. The quantitative estimate of drug-likeness (QED) is 0.921. The molecule has 2 aromatic heterocycles. The maximum Gasteiger partial charge on any atom is 0.146 e. The third-order valence-electron chi connectivity index (χ3n) is 3.69. The lowest BCUT2D eigenvalue weighted by molar-refractivity contribution is 0.620. The number of aromatic nitrogens is 3. The minimum absolute atomic E-state index is 0.606. The van der Waals surface area contributed by atoms with Crippen LogP contribution in [0.25, 0.3) is 0 Å². The predicted molar refractivity (Wildman–Crippen MR) is 87.5 cm³/mol. The first-order valence-corrected chi connectivity index (χ1v) is 7.89. The van der Waals surface area contributed by atoms with Gasteiger partial charge in [0.1, 0.15) is 18.0 Å². The summed E-state index contributed by atoms with van der Waals surface area (Å²) in [6, 6.07) is 6.06. The van der Waals surface area contributed by atoms with Gasteiger partial charge in [-0.2, -0.15) is 0 Å². The molecule has 1 saturated heterocycles. The zero-order valence-electron chi connectivity index (χ0n) is 12.0. The molecule has 2 aromatic rings. The summed E-state index contributed by atoms with van der Waals surface area (Å²) >= 11 is 3.52. The molecular formula is C15H18BrN5. The molecule has 1 aliphatic rings. The van der Waals surface area contributed by atoms with E-state index in [1.807, 2.05) is 25.1 Å². The van der Waals surface area contributed by atoms with E-state index < -0.39 is 0 Å². The van der Waals surface area contributed by atoms with Gasteiger partial charge in [-0.1, -0.05) is 6.07 Å². The summed E-state index contributed by atoms with van der Waals surface area (Å²) < 4.78 is 0.957. The van der Waals surface area contributed by atoms with E-state index in [0.717, 1.165) is 47.9 Å². The predicted octanol–water partition coefficient (Wildman–Crippen LogP) is 2.88. The fourth-order valence-electron chi connectivity index (χ4n) is 2.62. The topological polar surface area (TPSA) is 53.9 Å². The van der Waals surface area contributed by atoms with Crippen molar-refractivity contribution in [1.29, 1.82) is 0 Å². The van der Waals surface area contributed by atoms with Crippen molar-refractivity contribution in [2.24, 2.45) is 5.92 Å². The Kier molecular flexibility index (Phi) is 4.34. The van der Waals surface area contributed by atoms with Gasteiger partial charge in [0.2, 0.25) is 0 Å². The van der Waals surface area contributed by atoms with Crippen LogP contribution in [0.3, 0.4) is 0 Å². The molecule has 0 saturated carbocycles. The summed E-state index contributed by atoms with van der Waals surface area (Å²) in [4.78, 5) is 15.2. The van der Waals surface area contributed by atoms with Gasteiger partial charge in [-0.15, -0.1) is 0 Å². The Bertz CT molecular complexity index is 619. The van der Waals surface area contributed by atoms with Crippen molar-refractivity contribution in [3.8, 4) is 0 Å². The molecule has 0 amide bonds. The average molecular weight is 348 g/mol. The van der Waals surface area contributed by atoms with Gasteiger partial charge in [-0.05, 0) is 47.3 Å². The number of rotatable bonds is 4. The van der Waals surface area contributed by atoms with Gasteiger partial charge < -0.3 is 10.2 Å². The molecule has 1 N–H and O–H groups in total. The molecule has 3 heterocycles. The maximum atomic E-state index is 4.47. The van der Waals surface area contributed by atoms with Gasteiger partial charge in [0, 0.05) is 31.5 Å². The SMILES string of the molecule is Cc1cccc(NC[C@H]2CCN(c3ncncc3Br)C2)n1. The maximum absolute atomic E-state index is 4.47. The molecule has 0 radical (unpaired) electrons. The summed E-state index contributed by atoms with van der Waals surface area (Å²) in [5.41, 5.74) is 1.04. The first-order chi connectivity index (χ1) is 10.2. The highest BCUT2D eigenvalue weighted by Gasteiger charge is 2.24. The van der Waals surface area contributed by atoms with Gasteiger partial charge >= 0.3 is 0 Å². The highest BCUT2D eigenvalue weighted by molar-refractivity contribution is 9.10. The number of pyridine rings is 1. The van der Waals surface area contributed by atoms with Gasteiger partial charge in [0.25, 0.3) is 0 Å². The highest BCUT2D eigenvalue weighted by Crippen LogP contribution is 2.27. The largest absolute Gasteiger partial charge is 0.370 e. The molecule has 0 aromatic carbocycles. The van der Waals surface area contributed by atoms with E-state index in [0.29, 0.717) is 5.92 Å². The monoisotopic (exact) mass is 347 g/mol. The number of hydrogen-bond acceptors (Lipinski definition) is 5. The van der Waals surface area contributed by atoms with Crippen molar-refractivity contribution in [3.63, 3.8) is 0 Å². The second-order valence-electron chi connectivity index (χ2n) is 5.34. The lowest BCUT2D eigenvalue weighted by Gasteiger charge is -2.18. The minimum Gasteiger partial charge on any atom is -0.370 e. The number of nitrogens with zero attached hydrogens (tertiary/aromatic N) is 4. The van der Waals surface area contributed by atoms with Crippen LogP contribution in [0.4, 0.5) is 11.6 Å². The molecule has 110 valence electrons. The molecule has 0 spiro atoms. The van der Waals surface area contributed by atoms with Crippen molar-refractivity contribution in [2.45, 2.75) is 13.3 Å². The second kappa shape index (κ2) is 6.39. The van der Waals surface area contributed by atoms with E-state index in [1.165, 1.54) is 0 Å². The number of hydrogen-bond donors (Lipinski definition) is 1. The van der Waals surface area contributed by atoms with Gasteiger partial charge in [0.05, 0.1) is 4.47 Å². The highest BCUT2D eigenvalue weighted by atomic mass is 79.9. The van der Waals surface area contributed by atoms with Crippen LogP contribution >= 0.6 is 15.9 Å². The summed E-state index contributed by atoms with van der Waals surface area (Å²) in [6.45, 7) is 4.99. The molecule has 0 unspecified atom stereocenters. The van der Waals surface area contributed by atoms with E-state index in [2.05, 4.69) is 41.1 Å². The van der Waals surface area contributed by atoms with Crippen molar-refractivity contribution in [1.82, 2.24) is 15.0 Å². The Balaban J connectivity index is 1.57. The summed E-state index contributed by atoms with van der Waals surface area (Å²) in [6.07, 6.45) is 4.56. The van der Waals surface area contributed by atoms with E-state index in [-0.39, 0.29) is 0 Å². The van der Waals surface area contributed by atoms with Crippen LogP contribution in [0.2, 0.25) is 0 Å². The zero-order chi connectivity index (χ0) is 14.7. The molecule has 5 nitrogen and oxygen atoms in total. The van der Waals surface area contributed by atoms with E-state index in [4.69, 9.17) is 0 Å². The van der Waals surface area contributed by atoms with Crippen LogP contribution < -0.4 is 10.2 Å². The molecule has 6 heteroatoms. The van der Waals surface area contributed by atoms with Crippen molar-refractivity contribution in [2.75, 3.05) is 29.9 Å². The molecule has 21 heavy (non-hydrogen) atoms. The Morgan fingerprint density at radius 1 is 1.43 bits per heavy atom. The molecule has 1 aliphatic heterocycles. The second-order valence-corrected chi connectivity index (χ2v) is 6.19. The van der Waals surface area contributed by atoms with Crippen LogP contribution in [0, 0.1) is 12.8 Å². The Morgan fingerprint density at radius 2 is 2.33 bits per heavy atom. The number of halogens is 1. The Labute approximate surface area is 133 Å². The number of anilines is 2. The number of nitrogens with one attached hydrogen (secondary N) is 1. The zero-order valence-corrected chi connectivity index (χ0v) is 13.5. The van der Waals surface area contributed by atoms with E-state index in [9.17, 15) is 0 Å². The minimum atomic E-state index is 0.606. The standard InChI is InChI=1S/C15H18BrN5/c1-11-3-2-4-14(20-11)18-7-12-5-6-21(9-12)15-13(16)8-17-10-19-15/h2-4,8,10,12H,5-7,9H2,1H3,(H,18,20)/t12-/m1/s1. The fourth-order valence-corrected chi connectivity index (χ4v) is 3.09. The Hall–Kier alpha value is -1.69. The van der Waals surface area contributed by atoms with Gasteiger partial charge in [-0.25, -0.2) is 15.0 Å². The summed E-state index contributed by atoms with van der Waals surface area (Å²) in [5, 5.41) is 3.43. The van der Waals surface area contributed by atoms with Crippen LogP contribution in [0.5, 0.6) is 0 Å². The first-order valence-electron chi connectivity index (χ1n) is 7.10. The number of aryl methyl sites for hydroxylation is 1. The van der Waals surface area contributed by atoms with Crippen molar-refractivity contribution >= 4 is 27.6 Å². The molecule has 3 rings (SSSR count). The van der Waals surface area contributed by atoms with Crippen LogP contribution in [-0.2, 0) is 0 Å². The normalized spacial score (nSPS) is 18.0. The molecule has 1 atom stereocenters. The van der Waals surface area contributed by atoms with E-state index in [1.54, 1.807) is 12.5 Å². The average Bonchev–Trinajstić information content (AvgIpc) is 2.94. The molecule has 0 aliphatic carbocycles. The molecule has 1 fully saturated rings. The third kappa shape index (κ3) is 3.50. The summed E-state index contributed by atoms with van der Waals surface area (Å²) in [7, 11) is 0. The first kappa shape index (κ1) is 14.3. The lowest BCUT2D eigenvalue weighted by atomic mass is 10.1. The third-order valence-corrected chi connectivity index (χ3v) is 4.25. The van der Waals surface area contributed by atoms with Crippen molar-refractivity contribution < 1.29 is 0 Å². The summed E-state index contributed by atoms with van der Waals surface area (Å²) in [5.74, 6) is 2.55. The molecular weight excluding hydrogens is 330 g/mol.